The van der Waals surface area contributed by atoms with Gasteiger partial charge in [-0.25, -0.2) is 0 Å². The fourth-order valence-corrected chi connectivity index (χ4v) is 3.38. The summed E-state index contributed by atoms with van der Waals surface area (Å²) in [6, 6.07) is 6.14. The van der Waals surface area contributed by atoms with Gasteiger partial charge in [-0.05, 0) is 36.2 Å². The van der Waals surface area contributed by atoms with Crippen LogP contribution in [0.2, 0.25) is 0 Å². The number of unbranched alkanes of at least 4 members (excludes halogenated alkanes) is 1. The minimum absolute atomic E-state index is 0.173. The monoisotopic (exact) mass is 396 g/mol. The van der Waals surface area contributed by atoms with Crippen molar-refractivity contribution < 1.29 is 24.5 Å². The average Bonchev–Trinajstić information content (AvgIpc) is 3.24. The highest BCUT2D eigenvalue weighted by atomic mass is 16.5. The maximum absolute atomic E-state index is 12.6. The number of ether oxygens (including phenoxy) is 1. The van der Waals surface area contributed by atoms with Gasteiger partial charge in [0.15, 0.2) is 11.5 Å². The number of phenols is 1. The summed E-state index contributed by atoms with van der Waals surface area (Å²) in [5.41, 5.74) is 2.15. The molecule has 9 nitrogen and oxygen atoms in total. The number of aliphatic hydroxyl groups is 1. The molecular formula is C20H20N4O5. The number of nitrogens with zero attached hydrogens (tertiary/aromatic N) is 4. The molecule has 2 aromatic carbocycles. The summed E-state index contributed by atoms with van der Waals surface area (Å²) in [6.45, 7) is 2.13. The molecule has 0 fully saturated rings. The van der Waals surface area contributed by atoms with Crippen molar-refractivity contribution in [3.63, 3.8) is 0 Å². The third kappa shape index (κ3) is 2.99. The van der Waals surface area contributed by atoms with Gasteiger partial charge in [0.25, 0.3) is 11.8 Å². The summed E-state index contributed by atoms with van der Waals surface area (Å²) in [5, 5.41) is 28.6. The second kappa shape index (κ2) is 7.17. The molecule has 9 heteroatoms. The molecule has 0 spiro atoms. The molecule has 1 aromatic heterocycles. The first-order chi connectivity index (χ1) is 14.0. The Labute approximate surface area is 166 Å². The molecular weight excluding hydrogens is 376 g/mol. The predicted molar refractivity (Wildman–Crippen MR) is 103 cm³/mol. The molecule has 0 unspecified atom stereocenters. The average molecular weight is 396 g/mol. The summed E-state index contributed by atoms with van der Waals surface area (Å²) in [7, 11) is 1.40. The molecule has 0 saturated carbocycles. The fraction of sp³-hybridized carbons (Fsp3) is 0.300. The first kappa shape index (κ1) is 18.9. The maximum atomic E-state index is 12.6. The van der Waals surface area contributed by atoms with E-state index < -0.39 is 0 Å². The van der Waals surface area contributed by atoms with Crippen molar-refractivity contribution in [2.45, 2.75) is 26.4 Å². The van der Waals surface area contributed by atoms with Gasteiger partial charge in [0.2, 0.25) is 0 Å². The molecule has 4 rings (SSSR count). The lowest BCUT2D eigenvalue weighted by Gasteiger charge is -2.12. The molecule has 0 bridgehead atoms. The first-order valence-electron chi connectivity index (χ1n) is 9.26. The Balaban J connectivity index is 1.80. The number of phenolic OH excluding ortho intramolecular Hbond substituents is 1. The molecule has 1 aliphatic rings. The Kier molecular flexibility index (Phi) is 4.67. The Morgan fingerprint density at radius 2 is 1.66 bits per heavy atom. The van der Waals surface area contributed by atoms with Gasteiger partial charge in [-0.3, -0.25) is 14.5 Å². The third-order valence-electron chi connectivity index (χ3n) is 4.94. The second-order valence-electron chi connectivity index (χ2n) is 6.82. The highest BCUT2D eigenvalue weighted by Crippen LogP contribution is 2.34. The van der Waals surface area contributed by atoms with Crippen LogP contribution in [0.15, 0.2) is 24.3 Å². The van der Waals surface area contributed by atoms with Crippen molar-refractivity contribution in [1.82, 2.24) is 19.9 Å². The van der Waals surface area contributed by atoms with E-state index in [4.69, 9.17) is 4.74 Å². The van der Waals surface area contributed by atoms with Crippen LogP contribution in [0, 0.1) is 0 Å². The minimum atomic E-state index is -0.332. The van der Waals surface area contributed by atoms with E-state index in [9.17, 15) is 19.8 Å². The quantitative estimate of drug-likeness (QED) is 0.612. The zero-order valence-electron chi connectivity index (χ0n) is 16.0. The van der Waals surface area contributed by atoms with Crippen LogP contribution in [0.25, 0.3) is 16.7 Å². The number of aromatic hydroxyl groups is 1. The lowest BCUT2D eigenvalue weighted by molar-refractivity contribution is 0.0652. The lowest BCUT2D eigenvalue weighted by atomic mass is 10.1. The maximum Gasteiger partial charge on any atom is 0.261 e. The second-order valence-corrected chi connectivity index (χ2v) is 6.82. The lowest BCUT2D eigenvalue weighted by Crippen LogP contribution is -2.30. The number of methoxy groups -OCH3 is 1. The Morgan fingerprint density at radius 1 is 1.03 bits per heavy atom. The SMILES string of the molecule is CCCCN1C(=O)c2cc3nn(-c4cc(CO)cc(OC)c4O)nc3cc2C1=O. The number of amides is 2. The van der Waals surface area contributed by atoms with Crippen LogP contribution in [-0.4, -0.2) is 55.6 Å². The largest absolute Gasteiger partial charge is 0.503 e. The van der Waals surface area contributed by atoms with Crippen LogP contribution in [-0.2, 0) is 6.61 Å². The topological polar surface area (TPSA) is 118 Å². The molecule has 2 amide bonds. The number of hydrogen-bond donors (Lipinski definition) is 2. The number of carbonyl (C=O) groups is 2. The molecule has 2 heterocycles. The molecule has 0 radical (unpaired) electrons. The highest BCUT2D eigenvalue weighted by molar-refractivity contribution is 6.22. The highest BCUT2D eigenvalue weighted by Gasteiger charge is 2.36. The smallest absolute Gasteiger partial charge is 0.261 e. The van der Waals surface area contributed by atoms with E-state index in [1.807, 2.05) is 6.92 Å². The van der Waals surface area contributed by atoms with Gasteiger partial charge in [0.05, 0.1) is 24.8 Å². The number of rotatable bonds is 6. The van der Waals surface area contributed by atoms with Gasteiger partial charge in [0, 0.05) is 6.54 Å². The molecule has 3 aromatic rings. The summed E-state index contributed by atoms with van der Waals surface area (Å²) >= 11 is 0. The molecule has 0 atom stereocenters. The van der Waals surface area contributed by atoms with Crippen molar-refractivity contribution in [1.29, 1.82) is 0 Å². The number of aromatic nitrogens is 3. The van der Waals surface area contributed by atoms with E-state index in [2.05, 4.69) is 10.2 Å². The van der Waals surface area contributed by atoms with E-state index in [1.165, 1.54) is 28.9 Å². The van der Waals surface area contributed by atoms with Gasteiger partial charge in [-0.1, -0.05) is 13.3 Å². The third-order valence-corrected chi connectivity index (χ3v) is 4.94. The number of fused-ring (bicyclic) bond motifs is 2. The molecule has 0 saturated heterocycles. The number of imide groups is 1. The van der Waals surface area contributed by atoms with Gasteiger partial charge < -0.3 is 14.9 Å². The van der Waals surface area contributed by atoms with Gasteiger partial charge in [-0.15, -0.1) is 15.0 Å². The number of benzene rings is 2. The van der Waals surface area contributed by atoms with E-state index in [0.717, 1.165) is 12.8 Å². The summed E-state index contributed by atoms with van der Waals surface area (Å²) in [5.74, 6) is -0.675. The fourth-order valence-electron chi connectivity index (χ4n) is 3.38. The number of aliphatic hydroxyl groups excluding tert-OH is 1. The summed E-state index contributed by atoms with van der Waals surface area (Å²) < 4.78 is 5.14. The first-order valence-corrected chi connectivity index (χ1v) is 9.26. The van der Waals surface area contributed by atoms with Crippen molar-refractivity contribution in [2.24, 2.45) is 0 Å². The zero-order valence-corrected chi connectivity index (χ0v) is 16.0. The Bertz CT molecular complexity index is 1080. The Morgan fingerprint density at radius 3 is 2.17 bits per heavy atom. The van der Waals surface area contributed by atoms with Crippen molar-refractivity contribution >= 4 is 22.8 Å². The molecule has 1 aliphatic heterocycles. The van der Waals surface area contributed by atoms with Crippen LogP contribution >= 0.6 is 0 Å². The van der Waals surface area contributed by atoms with E-state index in [1.54, 1.807) is 12.1 Å². The van der Waals surface area contributed by atoms with E-state index in [-0.39, 0.29) is 35.6 Å². The molecule has 0 aliphatic carbocycles. The van der Waals surface area contributed by atoms with Crippen molar-refractivity contribution in [2.75, 3.05) is 13.7 Å². The van der Waals surface area contributed by atoms with Crippen LogP contribution in [0.1, 0.15) is 46.0 Å². The van der Waals surface area contributed by atoms with Crippen LogP contribution < -0.4 is 4.74 Å². The summed E-state index contributed by atoms with van der Waals surface area (Å²) in [4.78, 5) is 27.7. The predicted octanol–water partition coefficient (Wildman–Crippen LogP) is 2.02. The van der Waals surface area contributed by atoms with Crippen molar-refractivity contribution in [3.8, 4) is 17.2 Å². The van der Waals surface area contributed by atoms with E-state index >= 15 is 0 Å². The van der Waals surface area contributed by atoms with Crippen molar-refractivity contribution in [3.05, 3.63) is 41.0 Å². The normalized spacial score (nSPS) is 13.4. The van der Waals surface area contributed by atoms with Gasteiger partial charge in [0.1, 0.15) is 16.7 Å². The van der Waals surface area contributed by atoms with Crippen LogP contribution in [0.5, 0.6) is 11.5 Å². The number of hydrogen-bond acceptors (Lipinski definition) is 7. The number of carbonyl (C=O) groups excluding carboxylic acids is 2. The standard InChI is InChI=1S/C20H20N4O5/c1-3-4-5-23-19(27)12-8-14-15(9-13(12)20(23)28)22-24(21-14)16-6-11(10-25)7-17(29-2)18(16)26/h6-9,25-26H,3-5,10H2,1-2H3. The molecule has 29 heavy (non-hydrogen) atoms. The van der Waals surface area contributed by atoms with Crippen LogP contribution in [0.3, 0.4) is 0 Å². The molecule has 150 valence electrons. The zero-order chi connectivity index (χ0) is 20.7. The van der Waals surface area contributed by atoms with E-state index in [0.29, 0.717) is 34.3 Å². The minimum Gasteiger partial charge on any atom is -0.503 e. The van der Waals surface area contributed by atoms with Gasteiger partial charge in [-0.2, -0.15) is 0 Å². The van der Waals surface area contributed by atoms with Gasteiger partial charge >= 0.3 is 0 Å². The molecule has 2 N–H and O–H groups in total. The Hall–Kier alpha value is -3.46. The summed E-state index contributed by atoms with van der Waals surface area (Å²) in [6.07, 6.45) is 1.62. The van der Waals surface area contributed by atoms with Crippen LogP contribution in [0.4, 0.5) is 0 Å².